The predicted molar refractivity (Wildman–Crippen MR) is 103 cm³/mol. The van der Waals surface area contributed by atoms with Gasteiger partial charge in [-0.15, -0.1) is 0 Å². The van der Waals surface area contributed by atoms with Gasteiger partial charge in [-0.2, -0.15) is 5.26 Å². The van der Waals surface area contributed by atoms with Gasteiger partial charge in [0, 0.05) is 6.61 Å². The number of nitrogens with zero attached hydrogens (tertiary/aromatic N) is 1. The SMILES string of the molecule is Cc1ccc(C)c(CC(=O)N[C@@H]2CCOC[C@H]2Oc2ccc(C#N)cc2)c1. The predicted octanol–water partition coefficient (Wildman–Crippen LogP) is 3.07. The Kier molecular flexibility index (Phi) is 6.10. The second-order valence-corrected chi connectivity index (χ2v) is 6.94. The quantitative estimate of drug-likeness (QED) is 0.885. The molecule has 5 heteroatoms. The molecule has 0 bridgehead atoms. The van der Waals surface area contributed by atoms with Gasteiger partial charge in [-0.3, -0.25) is 4.79 Å². The van der Waals surface area contributed by atoms with Crippen LogP contribution in [0.1, 0.15) is 28.7 Å². The van der Waals surface area contributed by atoms with Gasteiger partial charge in [0.25, 0.3) is 0 Å². The van der Waals surface area contributed by atoms with Gasteiger partial charge in [-0.1, -0.05) is 23.8 Å². The topological polar surface area (TPSA) is 71.3 Å². The standard InChI is InChI=1S/C22H24N2O3/c1-15-3-4-16(2)18(11-15)12-22(25)24-20-9-10-26-14-21(20)27-19-7-5-17(13-23)6-8-19/h3-8,11,20-21H,9-10,12,14H2,1-2H3,(H,24,25)/t20-,21-/m1/s1. The first-order valence-electron chi connectivity index (χ1n) is 9.15. The summed E-state index contributed by atoms with van der Waals surface area (Å²) < 4.78 is 11.5. The number of nitriles is 1. The van der Waals surface area contributed by atoms with Gasteiger partial charge in [0.15, 0.2) is 0 Å². The van der Waals surface area contributed by atoms with Crippen molar-refractivity contribution in [1.29, 1.82) is 5.26 Å². The van der Waals surface area contributed by atoms with Gasteiger partial charge >= 0.3 is 0 Å². The van der Waals surface area contributed by atoms with Crippen molar-refractivity contribution >= 4 is 5.91 Å². The highest BCUT2D eigenvalue weighted by Crippen LogP contribution is 2.19. The molecule has 140 valence electrons. The molecule has 1 saturated heterocycles. The molecule has 1 N–H and O–H groups in total. The van der Waals surface area contributed by atoms with Crippen molar-refractivity contribution in [2.75, 3.05) is 13.2 Å². The summed E-state index contributed by atoms with van der Waals surface area (Å²) >= 11 is 0. The smallest absolute Gasteiger partial charge is 0.224 e. The Morgan fingerprint density at radius 1 is 1.26 bits per heavy atom. The number of aryl methyl sites for hydroxylation is 2. The van der Waals surface area contributed by atoms with Gasteiger partial charge < -0.3 is 14.8 Å². The monoisotopic (exact) mass is 364 g/mol. The van der Waals surface area contributed by atoms with E-state index in [0.29, 0.717) is 37.4 Å². The van der Waals surface area contributed by atoms with Crippen LogP contribution in [0.25, 0.3) is 0 Å². The number of amides is 1. The third kappa shape index (κ3) is 5.08. The van der Waals surface area contributed by atoms with E-state index in [1.807, 2.05) is 19.9 Å². The molecule has 0 unspecified atom stereocenters. The van der Waals surface area contributed by atoms with E-state index < -0.39 is 0 Å². The van der Waals surface area contributed by atoms with Crippen LogP contribution in [0.3, 0.4) is 0 Å². The molecule has 5 nitrogen and oxygen atoms in total. The average molecular weight is 364 g/mol. The molecule has 0 spiro atoms. The molecular formula is C22H24N2O3. The van der Waals surface area contributed by atoms with E-state index in [1.165, 1.54) is 0 Å². The Morgan fingerprint density at radius 2 is 2.04 bits per heavy atom. The summed E-state index contributed by atoms with van der Waals surface area (Å²) in [5.74, 6) is 0.655. The van der Waals surface area contributed by atoms with Crippen LogP contribution in [0.15, 0.2) is 42.5 Å². The molecule has 1 fully saturated rings. The summed E-state index contributed by atoms with van der Waals surface area (Å²) in [6, 6.07) is 15.1. The van der Waals surface area contributed by atoms with E-state index in [4.69, 9.17) is 14.7 Å². The lowest BCUT2D eigenvalue weighted by Crippen LogP contribution is -2.51. The molecule has 27 heavy (non-hydrogen) atoms. The van der Waals surface area contributed by atoms with Crippen molar-refractivity contribution in [2.45, 2.75) is 38.8 Å². The lowest BCUT2D eigenvalue weighted by molar-refractivity contribution is -0.123. The van der Waals surface area contributed by atoms with Crippen molar-refractivity contribution in [1.82, 2.24) is 5.32 Å². The number of carbonyl (C=O) groups excluding carboxylic acids is 1. The molecule has 2 aromatic carbocycles. The summed E-state index contributed by atoms with van der Waals surface area (Å²) in [6.45, 7) is 5.07. The second-order valence-electron chi connectivity index (χ2n) is 6.94. The van der Waals surface area contributed by atoms with Gasteiger partial charge in [0.2, 0.25) is 5.91 Å². The van der Waals surface area contributed by atoms with Crippen LogP contribution in [-0.4, -0.2) is 31.3 Å². The second kappa shape index (κ2) is 8.70. The summed E-state index contributed by atoms with van der Waals surface area (Å²) in [6.07, 6.45) is 0.808. The lowest BCUT2D eigenvalue weighted by atomic mass is 10.0. The number of ether oxygens (including phenoxy) is 2. The largest absolute Gasteiger partial charge is 0.486 e. The number of hydrogen-bond donors (Lipinski definition) is 1. The fraction of sp³-hybridized carbons (Fsp3) is 0.364. The highest BCUT2D eigenvalue weighted by atomic mass is 16.5. The molecule has 0 aliphatic carbocycles. The molecule has 0 aromatic heterocycles. The highest BCUT2D eigenvalue weighted by molar-refractivity contribution is 5.79. The zero-order valence-electron chi connectivity index (χ0n) is 15.7. The molecule has 1 heterocycles. The summed E-state index contributed by atoms with van der Waals surface area (Å²) in [5, 5.41) is 12.0. The number of benzene rings is 2. The zero-order chi connectivity index (χ0) is 19.2. The molecule has 1 aliphatic heterocycles. The molecular weight excluding hydrogens is 340 g/mol. The maximum atomic E-state index is 12.6. The third-order valence-corrected chi connectivity index (χ3v) is 4.78. The molecule has 2 aromatic rings. The van der Waals surface area contributed by atoms with Crippen LogP contribution in [0.4, 0.5) is 0 Å². The van der Waals surface area contributed by atoms with Crippen molar-refractivity contribution in [3.05, 3.63) is 64.7 Å². The van der Waals surface area contributed by atoms with Gasteiger partial charge in [-0.25, -0.2) is 0 Å². The summed E-state index contributed by atoms with van der Waals surface area (Å²) in [4.78, 5) is 12.6. The van der Waals surface area contributed by atoms with Crippen LogP contribution in [-0.2, 0) is 16.0 Å². The van der Waals surface area contributed by atoms with Crippen molar-refractivity contribution in [3.63, 3.8) is 0 Å². The summed E-state index contributed by atoms with van der Waals surface area (Å²) in [5.41, 5.74) is 3.90. The number of nitrogens with one attached hydrogen (secondary N) is 1. The van der Waals surface area contributed by atoms with Crippen molar-refractivity contribution in [2.24, 2.45) is 0 Å². The number of carbonyl (C=O) groups is 1. The fourth-order valence-corrected chi connectivity index (χ4v) is 3.20. The number of rotatable bonds is 5. The van der Waals surface area contributed by atoms with Crippen LogP contribution < -0.4 is 10.1 Å². The minimum absolute atomic E-state index is 0.0102. The Hall–Kier alpha value is -2.84. The van der Waals surface area contributed by atoms with E-state index >= 15 is 0 Å². The van der Waals surface area contributed by atoms with Gasteiger partial charge in [0.05, 0.1) is 30.7 Å². The van der Waals surface area contributed by atoms with E-state index in [1.54, 1.807) is 24.3 Å². The maximum Gasteiger partial charge on any atom is 0.224 e. The minimum atomic E-state index is -0.255. The van der Waals surface area contributed by atoms with E-state index in [9.17, 15) is 4.79 Å². The van der Waals surface area contributed by atoms with Crippen LogP contribution in [0.5, 0.6) is 5.75 Å². The maximum absolute atomic E-state index is 12.6. The Labute approximate surface area is 159 Å². The molecule has 0 saturated carbocycles. The molecule has 0 radical (unpaired) electrons. The van der Waals surface area contributed by atoms with E-state index in [2.05, 4.69) is 23.5 Å². The first kappa shape index (κ1) is 18.9. The molecule has 2 atom stereocenters. The van der Waals surface area contributed by atoms with Crippen molar-refractivity contribution in [3.8, 4) is 11.8 Å². The fourth-order valence-electron chi connectivity index (χ4n) is 3.20. The first-order valence-corrected chi connectivity index (χ1v) is 9.15. The van der Waals surface area contributed by atoms with Gasteiger partial charge in [-0.05, 0) is 55.7 Å². The third-order valence-electron chi connectivity index (χ3n) is 4.78. The van der Waals surface area contributed by atoms with Crippen LogP contribution >= 0.6 is 0 Å². The Bertz CT molecular complexity index is 840. The lowest BCUT2D eigenvalue weighted by Gasteiger charge is -2.32. The molecule has 3 rings (SSSR count). The van der Waals surface area contributed by atoms with E-state index in [-0.39, 0.29) is 18.1 Å². The van der Waals surface area contributed by atoms with E-state index in [0.717, 1.165) is 16.7 Å². The highest BCUT2D eigenvalue weighted by Gasteiger charge is 2.29. The normalized spacial score (nSPS) is 19.1. The molecule has 1 aliphatic rings. The van der Waals surface area contributed by atoms with Crippen molar-refractivity contribution < 1.29 is 14.3 Å². The number of hydrogen-bond acceptors (Lipinski definition) is 4. The first-order chi connectivity index (χ1) is 13.0. The molecule has 1 amide bonds. The Morgan fingerprint density at radius 3 is 2.78 bits per heavy atom. The van der Waals surface area contributed by atoms with Crippen LogP contribution in [0.2, 0.25) is 0 Å². The van der Waals surface area contributed by atoms with Crippen LogP contribution in [0, 0.1) is 25.2 Å². The Balaban J connectivity index is 1.63. The zero-order valence-corrected chi connectivity index (χ0v) is 15.7. The minimum Gasteiger partial charge on any atom is -0.486 e. The van der Waals surface area contributed by atoms with Gasteiger partial charge in [0.1, 0.15) is 11.9 Å². The summed E-state index contributed by atoms with van der Waals surface area (Å²) in [7, 11) is 0. The average Bonchev–Trinajstić information content (AvgIpc) is 2.67.